The molecule has 22 heavy (non-hydrogen) atoms. The number of carbonyl (C=O) groups excluding carboxylic acids is 1. The van der Waals surface area contributed by atoms with Gasteiger partial charge in [-0.05, 0) is 24.1 Å². The van der Waals surface area contributed by atoms with Crippen LogP contribution in [0.5, 0.6) is 11.5 Å². The number of benzene rings is 1. The molecule has 5 nitrogen and oxygen atoms in total. The summed E-state index contributed by atoms with van der Waals surface area (Å²) < 4.78 is 7.26. The number of anilines is 1. The van der Waals surface area contributed by atoms with Gasteiger partial charge in [0.15, 0.2) is 18.6 Å². The number of rotatable bonds is 5. The van der Waals surface area contributed by atoms with Gasteiger partial charge in [-0.25, -0.2) is 4.57 Å². The Bertz CT molecular complexity index is 666. The summed E-state index contributed by atoms with van der Waals surface area (Å²) in [6.07, 6.45) is 2.69. The summed E-state index contributed by atoms with van der Waals surface area (Å²) in [4.78, 5) is 11.9. The van der Waals surface area contributed by atoms with Gasteiger partial charge in [0.05, 0.1) is 0 Å². The number of carbonyl (C=O) groups is 1. The summed E-state index contributed by atoms with van der Waals surface area (Å²) in [7, 11) is 1.84. The van der Waals surface area contributed by atoms with Crippen LogP contribution in [0, 0.1) is 6.92 Å². The van der Waals surface area contributed by atoms with Gasteiger partial charge in [0.1, 0.15) is 7.05 Å². The van der Waals surface area contributed by atoms with E-state index in [0.717, 1.165) is 17.8 Å². The van der Waals surface area contributed by atoms with Gasteiger partial charge in [0.25, 0.3) is 5.91 Å². The highest BCUT2D eigenvalue weighted by Crippen LogP contribution is 2.26. The molecule has 0 bridgehead atoms. The van der Waals surface area contributed by atoms with E-state index in [2.05, 4.69) is 12.2 Å². The summed E-state index contributed by atoms with van der Waals surface area (Å²) >= 11 is 0. The molecule has 2 aromatic rings. The van der Waals surface area contributed by atoms with E-state index >= 15 is 0 Å². The molecule has 0 aliphatic rings. The first-order valence-corrected chi connectivity index (χ1v) is 7.21. The molecule has 2 N–H and O–H groups in total. The lowest BCUT2D eigenvalue weighted by Crippen LogP contribution is -2.32. The monoisotopic (exact) mass is 301 g/mol. The highest BCUT2D eigenvalue weighted by molar-refractivity contribution is 5.91. The molecule has 0 saturated heterocycles. The predicted molar refractivity (Wildman–Crippen MR) is 84.0 cm³/mol. The Morgan fingerprint density at radius 3 is 2.59 bits per heavy atom. The van der Waals surface area contributed by atoms with E-state index in [1.165, 1.54) is 11.6 Å². The normalized spacial score (nSPS) is 10.3. The van der Waals surface area contributed by atoms with Gasteiger partial charge >= 0.3 is 0 Å². The molecule has 1 heterocycles. The van der Waals surface area contributed by atoms with Crippen LogP contribution in [0.3, 0.4) is 0 Å². The van der Waals surface area contributed by atoms with Gasteiger partial charge in [-0.15, -0.1) is 0 Å². The minimum absolute atomic E-state index is 0.0238. The van der Waals surface area contributed by atoms with Crippen molar-refractivity contribution < 1.29 is 19.2 Å². The summed E-state index contributed by atoms with van der Waals surface area (Å²) in [5.41, 5.74) is 2.69. The largest absolute Gasteiger partial charge is 0.504 e. The Kier molecular flexibility index (Phi) is 4.99. The summed E-state index contributed by atoms with van der Waals surface area (Å²) in [6.45, 7) is 3.74. The van der Waals surface area contributed by atoms with Crippen molar-refractivity contribution in [1.29, 1.82) is 0 Å². The first kappa shape index (κ1) is 15.8. The topological polar surface area (TPSA) is 62.4 Å². The van der Waals surface area contributed by atoms with Gasteiger partial charge in [-0.3, -0.25) is 4.79 Å². The molecule has 0 radical (unpaired) electrons. The molecule has 0 fully saturated rings. The van der Waals surface area contributed by atoms with Gasteiger partial charge in [-0.2, -0.15) is 0 Å². The minimum Gasteiger partial charge on any atom is -0.504 e. The molecule has 1 aromatic carbocycles. The number of nitrogens with zero attached hydrogens (tertiary/aromatic N) is 1. The van der Waals surface area contributed by atoms with Crippen LogP contribution in [-0.4, -0.2) is 17.6 Å². The summed E-state index contributed by atoms with van der Waals surface area (Å²) in [5, 5.41) is 12.6. The fourth-order valence-electron chi connectivity index (χ4n) is 2.05. The summed E-state index contributed by atoms with van der Waals surface area (Å²) in [6, 6.07) is 9.21. The van der Waals surface area contributed by atoms with Crippen molar-refractivity contribution in [3.63, 3.8) is 0 Å². The first-order valence-electron chi connectivity index (χ1n) is 7.21. The fourth-order valence-corrected chi connectivity index (χ4v) is 2.05. The molecule has 1 amide bonds. The molecule has 0 unspecified atom stereocenters. The Morgan fingerprint density at radius 1 is 1.27 bits per heavy atom. The van der Waals surface area contributed by atoms with Gasteiger partial charge in [0.2, 0.25) is 11.4 Å². The van der Waals surface area contributed by atoms with Crippen LogP contribution in [0.1, 0.15) is 18.2 Å². The zero-order valence-electron chi connectivity index (χ0n) is 13.1. The maximum Gasteiger partial charge on any atom is 0.262 e. The number of hydrogen-bond donors (Lipinski definition) is 2. The highest BCUT2D eigenvalue weighted by Gasteiger charge is 2.16. The second-order valence-electron chi connectivity index (χ2n) is 5.11. The molecule has 116 valence electrons. The van der Waals surface area contributed by atoms with Crippen LogP contribution >= 0.6 is 0 Å². The van der Waals surface area contributed by atoms with Crippen molar-refractivity contribution in [2.45, 2.75) is 20.3 Å². The molecule has 1 aromatic heterocycles. The molecule has 0 aliphatic carbocycles. The van der Waals surface area contributed by atoms with Gasteiger partial charge in [-0.1, -0.05) is 19.1 Å². The van der Waals surface area contributed by atoms with Crippen LogP contribution in [0.15, 0.2) is 36.5 Å². The molecular weight excluding hydrogens is 280 g/mol. The molecule has 0 atom stereocenters. The van der Waals surface area contributed by atoms with E-state index in [-0.39, 0.29) is 18.3 Å². The standard InChI is InChI=1S/C17H20N2O3/c1-4-13-5-7-14(8-6-13)18-16(21)11-22-17-12(2)19(3)10-9-15(17)20/h5-10H,4,11H2,1-3H3,(H,18,21)/p+1. The van der Waals surface area contributed by atoms with Crippen LogP contribution in [0.2, 0.25) is 0 Å². The molecule has 2 rings (SSSR count). The number of nitrogens with one attached hydrogen (secondary N) is 1. The zero-order chi connectivity index (χ0) is 16.1. The third-order valence-electron chi connectivity index (χ3n) is 3.54. The molecular formula is C17H21N2O3+. The molecule has 0 spiro atoms. The number of aromatic nitrogens is 1. The van der Waals surface area contributed by atoms with Crippen LogP contribution in [0.25, 0.3) is 0 Å². The lowest BCUT2D eigenvalue weighted by atomic mass is 10.1. The van der Waals surface area contributed by atoms with Crippen molar-refractivity contribution in [3.05, 3.63) is 47.8 Å². The Morgan fingerprint density at radius 2 is 1.95 bits per heavy atom. The van der Waals surface area contributed by atoms with Crippen LogP contribution < -0.4 is 14.6 Å². The molecule has 0 saturated carbocycles. The Balaban J connectivity index is 1.97. The van der Waals surface area contributed by atoms with Crippen LogP contribution in [0.4, 0.5) is 5.69 Å². The van der Waals surface area contributed by atoms with E-state index in [4.69, 9.17) is 4.74 Å². The summed E-state index contributed by atoms with van der Waals surface area (Å²) in [5.74, 6) is 0.0757. The number of pyridine rings is 1. The Hall–Kier alpha value is -2.56. The molecule has 0 aliphatic heterocycles. The third-order valence-corrected chi connectivity index (χ3v) is 3.54. The lowest BCUT2D eigenvalue weighted by molar-refractivity contribution is -0.678. The smallest absolute Gasteiger partial charge is 0.262 e. The van der Waals surface area contributed by atoms with Crippen molar-refractivity contribution in [2.24, 2.45) is 7.05 Å². The minimum atomic E-state index is -0.269. The highest BCUT2D eigenvalue weighted by atomic mass is 16.5. The maximum atomic E-state index is 11.9. The van der Waals surface area contributed by atoms with E-state index in [0.29, 0.717) is 5.75 Å². The van der Waals surface area contributed by atoms with E-state index in [1.54, 1.807) is 6.20 Å². The number of aryl methyl sites for hydroxylation is 2. The van der Waals surface area contributed by atoms with Crippen molar-refractivity contribution in [3.8, 4) is 11.5 Å². The quantitative estimate of drug-likeness (QED) is 0.831. The average Bonchev–Trinajstić information content (AvgIpc) is 2.52. The van der Waals surface area contributed by atoms with Gasteiger partial charge < -0.3 is 15.2 Å². The SMILES string of the molecule is CCc1ccc(NC(=O)COc2c(O)cc[n+](C)c2C)cc1. The van der Waals surface area contributed by atoms with Crippen molar-refractivity contribution in [2.75, 3.05) is 11.9 Å². The van der Waals surface area contributed by atoms with E-state index in [1.807, 2.05) is 42.8 Å². The predicted octanol–water partition coefficient (Wildman–Crippen LogP) is 2.11. The van der Waals surface area contributed by atoms with E-state index in [9.17, 15) is 9.90 Å². The van der Waals surface area contributed by atoms with Crippen LogP contribution in [-0.2, 0) is 18.3 Å². The Labute approximate surface area is 130 Å². The fraction of sp³-hybridized carbons (Fsp3) is 0.294. The van der Waals surface area contributed by atoms with E-state index < -0.39 is 0 Å². The number of ether oxygens (including phenoxy) is 1. The lowest BCUT2D eigenvalue weighted by Gasteiger charge is -2.10. The van der Waals surface area contributed by atoms with Gasteiger partial charge in [0, 0.05) is 18.7 Å². The van der Waals surface area contributed by atoms with Crippen molar-refractivity contribution >= 4 is 11.6 Å². The third kappa shape index (κ3) is 3.75. The first-order chi connectivity index (χ1) is 10.5. The number of aromatic hydroxyl groups is 1. The second-order valence-corrected chi connectivity index (χ2v) is 5.11. The molecule has 5 heteroatoms. The zero-order valence-corrected chi connectivity index (χ0v) is 13.1. The maximum absolute atomic E-state index is 11.9. The number of amides is 1. The van der Waals surface area contributed by atoms with Crippen molar-refractivity contribution in [1.82, 2.24) is 0 Å². The second kappa shape index (κ2) is 6.93. The number of hydrogen-bond acceptors (Lipinski definition) is 3. The average molecular weight is 301 g/mol.